The Hall–Kier alpha value is -1.99. The summed E-state index contributed by atoms with van der Waals surface area (Å²) in [5.74, 6) is 0.371. The minimum Gasteiger partial charge on any atom is -0.508 e. The number of nitrogens with zero attached hydrogens (tertiary/aromatic N) is 3. The van der Waals surface area contributed by atoms with Crippen molar-refractivity contribution in [2.75, 3.05) is 32.7 Å². The maximum absolute atomic E-state index is 13.1. The summed E-state index contributed by atoms with van der Waals surface area (Å²) in [6, 6.07) is 5.26. The monoisotopic (exact) mass is 493 g/mol. The van der Waals surface area contributed by atoms with Crippen molar-refractivity contribution in [2.45, 2.75) is 83.9 Å². The van der Waals surface area contributed by atoms with Crippen molar-refractivity contribution in [1.29, 1.82) is 0 Å². The molecule has 2 saturated heterocycles. The van der Waals surface area contributed by atoms with Crippen LogP contribution in [0.4, 0.5) is 4.79 Å². The number of phenols is 1. The normalized spacial score (nSPS) is 21.9. The van der Waals surface area contributed by atoms with E-state index in [1.165, 1.54) is 19.3 Å². The van der Waals surface area contributed by atoms with Crippen molar-refractivity contribution in [3.8, 4) is 5.75 Å². The fourth-order valence-electron chi connectivity index (χ4n) is 4.68. The Morgan fingerprint density at radius 2 is 1.74 bits per heavy atom. The van der Waals surface area contributed by atoms with E-state index >= 15 is 0 Å². The molecule has 1 aromatic rings. The first-order valence-corrected chi connectivity index (χ1v) is 12.9. The van der Waals surface area contributed by atoms with E-state index in [-0.39, 0.29) is 23.8 Å². The predicted octanol–water partition coefficient (Wildman–Crippen LogP) is 4.83. The standard InChI is InChI=1S/C19H33N3O3.C7H7ClO/c1-19(2,3)25-18(24)22-12-5-9-16(22)17(23)21-11-6-10-20(13-14-21)15-7-4-8-15;1-5-4-6(9)2-3-7(5)8/h15-16H,4-14H2,1-3H3;2-4,9H,1H3/t16-;/m1./s1. The molecule has 3 aliphatic rings. The van der Waals surface area contributed by atoms with Gasteiger partial charge in [-0.3, -0.25) is 14.6 Å². The largest absolute Gasteiger partial charge is 0.508 e. The van der Waals surface area contributed by atoms with Crippen LogP contribution < -0.4 is 0 Å². The summed E-state index contributed by atoms with van der Waals surface area (Å²) in [7, 11) is 0. The molecule has 2 amide bonds. The Kier molecular flexibility index (Phi) is 9.10. The number of carbonyl (C=O) groups excluding carboxylic acids is 2. The van der Waals surface area contributed by atoms with E-state index in [9.17, 15) is 9.59 Å². The van der Waals surface area contributed by atoms with Crippen molar-refractivity contribution in [1.82, 2.24) is 14.7 Å². The number of aryl methyl sites for hydroxylation is 1. The molecule has 4 rings (SSSR count). The maximum atomic E-state index is 13.1. The quantitative estimate of drug-likeness (QED) is 0.639. The molecule has 0 bridgehead atoms. The molecule has 1 atom stereocenters. The summed E-state index contributed by atoms with van der Waals surface area (Å²) in [4.78, 5) is 31.7. The fraction of sp³-hybridized carbons (Fsp3) is 0.692. The number of likely N-dealkylation sites (tertiary alicyclic amines) is 1. The van der Waals surface area contributed by atoms with E-state index < -0.39 is 5.60 Å². The molecule has 34 heavy (non-hydrogen) atoms. The highest BCUT2D eigenvalue weighted by molar-refractivity contribution is 6.31. The first-order chi connectivity index (χ1) is 16.0. The molecule has 0 aromatic heterocycles. The highest BCUT2D eigenvalue weighted by Gasteiger charge is 2.39. The SMILES string of the molecule is CC(C)(C)OC(=O)N1CCC[C@@H]1C(=O)N1CCCN(C2CCC2)CC1.Cc1cc(O)ccc1Cl. The number of hydrogen-bond donors (Lipinski definition) is 1. The Labute approximate surface area is 209 Å². The molecule has 1 aliphatic carbocycles. The topological polar surface area (TPSA) is 73.3 Å². The van der Waals surface area contributed by atoms with Gasteiger partial charge in [0, 0.05) is 43.8 Å². The summed E-state index contributed by atoms with van der Waals surface area (Å²) in [6.07, 6.45) is 6.26. The van der Waals surface area contributed by atoms with Gasteiger partial charge < -0.3 is 14.7 Å². The van der Waals surface area contributed by atoms with Crippen molar-refractivity contribution in [3.05, 3.63) is 28.8 Å². The van der Waals surface area contributed by atoms with Crippen LogP contribution in [0.15, 0.2) is 18.2 Å². The summed E-state index contributed by atoms with van der Waals surface area (Å²) in [5, 5.41) is 9.57. The Balaban J connectivity index is 0.000000302. The number of carbonyl (C=O) groups is 2. The van der Waals surface area contributed by atoms with Gasteiger partial charge >= 0.3 is 6.09 Å². The second-order valence-electron chi connectivity index (χ2n) is 10.6. The number of ether oxygens (including phenoxy) is 1. The molecule has 0 unspecified atom stereocenters. The van der Waals surface area contributed by atoms with Crippen LogP contribution >= 0.6 is 11.6 Å². The lowest BCUT2D eigenvalue weighted by molar-refractivity contribution is -0.135. The Morgan fingerprint density at radius 3 is 2.32 bits per heavy atom. The number of benzene rings is 1. The first-order valence-electron chi connectivity index (χ1n) is 12.5. The molecule has 8 heteroatoms. The average molecular weight is 494 g/mol. The molecule has 1 N–H and O–H groups in total. The van der Waals surface area contributed by atoms with Crippen LogP contribution in [0.5, 0.6) is 5.75 Å². The second-order valence-corrected chi connectivity index (χ2v) is 11.0. The van der Waals surface area contributed by atoms with Gasteiger partial charge in [-0.15, -0.1) is 0 Å². The van der Waals surface area contributed by atoms with Gasteiger partial charge in [-0.05, 0) is 83.6 Å². The summed E-state index contributed by atoms with van der Waals surface area (Å²) < 4.78 is 5.49. The van der Waals surface area contributed by atoms with Gasteiger partial charge in [-0.25, -0.2) is 4.79 Å². The zero-order valence-corrected chi connectivity index (χ0v) is 21.8. The molecule has 0 radical (unpaired) electrons. The molecule has 190 valence electrons. The number of rotatable bonds is 2. The van der Waals surface area contributed by atoms with E-state index in [1.54, 1.807) is 23.1 Å². The van der Waals surface area contributed by atoms with Gasteiger partial charge in [0.05, 0.1) is 0 Å². The van der Waals surface area contributed by atoms with Crippen LogP contribution in [0.2, 0.25) is 5.02 Å². The molecule has 7 nitrogen and oxygen atoms in total. The van der Waals surface area contributed by atoms with Gasteiger partial charge in [0.15, 0.2) is 0 Å². The lowest BCUT2D eigenvalue weighted by Crippen LogP contribution is -2.50. The molecule has 2 aliphatic heterocycles. The second kappa shape index (κ2) is 11.6. The van der Waals surface area contributed by atoms with E-state index in [0.29, 0.717) is 11.6 Å². The van der Waals surface area contributed by atoms with Crippen LogP contribution in [-0.2, 0) is 9.53 Å². The fourth-order valence-corrected chi connectivity index (χ4v) is 4.79. The van der Waals surface area contributed by atoms with E-state index in [1.807, 2.05) is 32.6 Å². The molecule has 0 spiro atoms. The van der Waals surface area contributed by atoms with E-state index in [0.717, 1.165) is 57.0 Å². The lowest BCUT2D eigenvalue weighted by Gasteiger charge is -2.37. The third-order valence-corrected chi connectivity index (χ3v) is 7.16. The first kappa shape index (κ1) is 26.6. The number of aromatic hydroxyl groups is 1. The third kappa shape index (κ3) is 7.25. The van der Waals surface area contributed by atoms with Crippen LogP contribution in [0.3, 0.4) is 0 Å². The van der Waals surface area contributed by atoms with Gasteiger partial charge in [0.2, 0.25) is 5.91 Å². The van der Waals surface area contributed by atoms with Gasteiger partial charge in [0.25, 0.3) is 0 Å². The summed E-state index contributed by atoms with van der Waals surface area (Å²) in [6.45, 7) is 11.7. The molecular formula is C26H40ClN3O4. The smallest absolute Gasteiger partial charge is 0.410 e. The third-order valence-electron chi connectivity index (χ3n) is 6.74. The lowest BCUT2D eigenvalue weighted by atomic mass is 9.91. The predicted molar refractivity (Wildman–Crippen MR) is 134 cm³/mol. The van der Waals surface area contributed by atoms with Crippen molar-refractivity contribution in [2.24, 2.45) is 0 Å². The zero-order valence-electron chi connectivity index (χ0n) is 21.1. The Bertz CT molecular complexity index is 853. The van der Waals surface area contributed by atoms with Gasteiger partial charge in [-0.1, -0.05) is 18.0 Å². The van der Waals surface area contributed by atoms with Crippen LogP contribution in [0.25, 0.3) is 0 Å². The number of phenolic OH excluding ortho intramolecular Hbond substituents is 1. The van der Waals surface area contributed by atoms with Crippen molar-refractivity contribution < 1.29 is 19.4 Å². The van der Waals surface area contributed by atoms with Crippen molar-refractivity contribution in [3.63, 3.8) is 0 Å². The highest BCUT2D eigenvalue weighted by atomic mass is 35.5. The maximum Gasteiger partial charge on any atom is 0.410 e. The van der Waals surface area contributed by atoms with E-state index in [2.05, 4.69) is 4.90 Å². The highest BCUT2D eigenvalue weighted by Crippen LogP contribution is 2.27. The number of hydrogen-bond acceptors (Lipinski definition) is 5. The van der Waals surface area contributed by atoms with Gasteiger partial charge in [-0.2, -0.15) is 0 Å². The summed E-state index contributed by atoms with van der Waals surface area (Å²) in [5.41, 5.74) is 0.371. The van der Waals surface area contributed by atoms with Crippen molar-refractivity contribution >= 4 is 23.6 Å². The van der Waals surface area contributed by atoms with Gasteiger partial charge in [0.1, 0.15) is 17.4 Å². The Morgan fingerprint density at radius 1 is 1.00 bits per heavy atom. The molecule has 1 aromatic carbocycles. The minimum atomic E-state index is -0.529. The molecule has 3 fully saturated rings. The molecule has 1 saturated carbocycles. The average Bonchev–Trinajstić information content (AvgIpc) is 3.09. The molecule has 2 heterocycles. The van der Waals surface area contributed by atoms with Crippen LogP contribution in [0.1, 0.15) is 64.9 Å². The van der Waals surface area contributed by atoms with E-state index in [4.69, 9.17) is 21.4 Å². The summed E-state index contributed by atoms with van der Waals surface area (Å²) >= 11 is 5.67. The number of amides is 2. The van der Waals surface area contributed by atoms with Crippen LogP contribution in [0, 0.1) is 6.92 Å². The minimum absolute atomic E-state index is 0.110. The molecular weight excluding hydrogens is 454 g/mol. The zero-order chi connectivity index (χ0) is 24.9. The number of halogens is 1. The van der Waals surface area contributed by atoms with Crippen LogP contribution in [-0.4, -0.2) is 82.2 Å².